The van der Waals surface area contributed by atoms with Crippen LogP contribution in [0.1, 0.15) is 109 Å². The van der Waals surface area contributed by atoms with Gasteiger partial charge in [-0.25, -0.2) is 22.0 Å². The molecule has 2 aliphatic carbocycles. The Morgan fingerprint density at radius 2 is 1.37 bits per heavy atom. The fraction of sp³-hybridized carbons (Fsp3) is 0.457. The number of fused-ring (bicyclic) bond motifs is 1. The van der Waals surface area contributed by atoms with E-state index in [1.807, 2.05) is 0 Å². The highest BCUT2D eigenvalue weighted by Gasteiger charge is 2.34. The lowest BCUT2D eigenvalue weighted by Crippen LogP contribution is -2.22. The number of nitrogens with zero attached hydrogens (tertiary/aromatic N) is 1. The molecule has 1 atom stereocenters. The Hall–Kier alpha value is -3.20. The van der Waals surface area contributed by atoms with Crippen LogP contribution in [0.3, 0.4) is 0 Å². The van der Waals surface area contributed by atoms with E-state index < -0.39 is 40.6 Å². The summed E-state index contributed by atoms with van der Waals surface area (Å²) in [7, 11) is 0. The van der Waals surface area contributed by atoms with Crippen LogP contribution in [0.5, 0.6) is 0 Å². The zero-order chi connectivity index (χ0) is 29.1. The van der Waals surface area contributed by atoms with Gasteiger partial charge in [0.05, 0.1) is 0 Å². The average molecular weight is 566 g/mol. The van der Waals surface area contributed by atoms with Gasteiger partial charge in [-0.2, -0.15) is 5.26 Å². The van der Waals surface area contributed by atoms with Crippen molar-refractivity contribution in [3.05, 3.63) is 104 Å². The first kappa shape index (κ1) is 29.3. The van der Waals surface area contributed by atoms with E-state index in [2.05, 4.69) is 31.2 Å². The summed E-state index contributed by atoms with van der Waals surface area (Å²) in [4.78, 5) is 0. The summed E-state index contributed by atoms with van der Waals surface area (Å²) in [6.07, 6.45) is 8.30. The molecule has 1 unspecified atom stereocenters. The van der Waals surface area contributed by atoms with Crippen LogP contribution in [-0.2, 0) is 25.7 Å². The largest absolute Gasteiger partial charge is 0.206 e. The summed E-state index contributed by atoms with van der Waals surface area (Å²) in [6.45, 7) is 2.18. The van der Waals surface area contributed by atoms with Crippen molar-refractivity contribution in [2.75, 3.05) is 0 Å². The third-order valence-electron chi connectivity index (χ3n) is 9.32. The maximum atomic E-state index is 15.8. The lowest BCUT2D eigenvalue weighted by atomic mass is 9.73. The summed E-state index contributed by atoms with van der Waals surface area (Å²) in [6, 6.07) is 12.5. The number of hydrogen-bond donors (Lipinski definition) is 0. The average Bonchev–Trinajstić information content (AvgIpc) is 2.98. The maximum absolute atomic E-state index is 15.8. The summed E-state index contributed by atoms with van der Waals surface area (Å²) in [5.74, 6) is -4.93. The van der Waals surface area contributed by atoms with Crippen molar-refractivity contribution in [3.63, 3.8) is 0 Å². The van der Waals surface area contributed by atoms with E-state index in [0.717, 1.165) is 32.1 Å². The molecule has 0 bridgehead atoms. The van der Waals surface area contributed by atoms with Crippen molar-refractivity contribution < 1.29 is 22.0 Å². The Bertz CT molecular complexity index is 1410. The molecule has 0 radical (unpaired) electrons. The smallest absolute Gasteiger partial charge is 0.165 e. The molecule has 0 amide bonds. The summed E-state index contributed by atoms with van der Waals surface area (Å²) in [5.41, 5.74) is 2.71. The molecule has 0 heterocycles. The number of nitriles is 1. The fourth-order valence-corrected chi connectivity index (χ4v) is 6.87. The molecule has 3 aromatic carbocycles. The van der Waals surface area contributed by atoms with Gasteiger partial charge < -0.3 is 0 Å². The Balaban J connectivity index is 1.25. The van der Waals surface area contributed by atoms with Crippen molar-refractivity contribution in [2.24, 2.45) is 5.92 Å². The zero-order valence-electron chi connectivity index (χ0n) is 23.5. The number of halogens is 5. The summed E-state index contributed by atoms with van der Waals surface area (Å²) < 4.78 is 74.8. The van der Waals surface area contributed by atoms with Crippen LogP contribution in [0.15, 0.2) is 36.4 Å². The van der Waals surface area contributed by atoms with Gasteiger partial charge in [-0.3, -0.25) is 0 Å². The van der Waals surface area contributed by atoms with Crippen molar-refractivity contribution in [2.45, 2.75) is 95.8 Å². The third-order valence-corrected chi connectivity index (χ3v) is 9.32. The number of aryl methyl sites for hydroxylation is 2. The predicted octanol–water partition coefficient (Wildman–Crippen LogP) is 9.78. The first-order chi connectivity index (χ1) is 19.8. The van der Waals surface area contributed by atoms with Crippen LogP contribution < -0.4 is 0 Å². The van der Waals surface area contributed by atoms with E-state index in [0.29, 0.717) is 49.7 Å². The van der Waals surface area contributed by atoms with Gasteiger partial charge >= 0.3 is 0 Å². The van der Waals surface area contributed by atoms with Gasteiger partial charge in [-0.15, -0.1) is 0 Å². The van der Waals surface area contributed by atoms with Crippen molar-refractivity contribution >= 4 is 0 Å². The van der Waals surface area contributed by atoms with Gasteiger partial charge in [0, 0.05) is 5.56 Å². The van der Waals surface area contributed by atoms with Gasteiger partial charge in [0.2, 0.25) is 0 Å². The van der Waals surface area contributed by atoms with E-state index in [1.165, 1.54) is 35.7 Å². The molecule has 0 N–H and O–H groups in total. The van der Waals surface area contributed by atoms with Crippen LogP contribution in [-0.4, -0.2) is 0 Å². The van der Waals surface area contributed by atoms with Crippen LogP contribution in [0, 0.1) is 46.3 Å². The summed E-state index contributed by atoms with van der Waals surface area (Å²) >= 11 is 0. The molecular formula is C35H36F5N. The predicted molar refractivity (Wildman–Crippen MR) is 150 cm³/mol. The van der Waals surface area contributed by atoms with Gasteiger partial charge in [0.15, 0.2) is 11.6 Å². The quantitative estimate of drug-likeness (QED) is 0.197. The van der Waals surface area contributed by atoms with Gasteiger partial charge in [-0.1, -0.05) is 37.6 Å². The van der Waals surface area contributed by atoms with Crippen molar-refractivity contribution in [1.82, 2.24) is 0 Å². The minimum atomic E-state index is -1.08. The minimum absolute atomic E-state index is 0.168. The fourth-order valence-electron chi connectivity index (χ4n) is 6.87. The number of unbranched alkanes of at least 4 members (excludes halogenated alkanes) is 1. The lowest BCUT2D eigenvalue weighted by molar-refractivity contribution is 0.353. The molecule has 216 valence electrons. The molecule has 1 nitrogen and oxygen atoms in total. The highest BCUT2D eigenvalue weighted by Crippen LogP contribution is 2.45. The Morgan fingerprint density at radius 1 is 0.756 bits per heavy atom. The SMILES string of the molecule is CCCCc1ccc(CCC2CCc3c(F)c(C4CCC(c5cc(F)c(C#N)c(F)c5)CC4)c(F)c(F)c3C2)cc1. The van der Waals surface area contributed by atoms with E-state index >= 15 is 13.2 Å². The van der Waals surface area contributed by atoms with E-state index in [-0.39, 0.29) is 23.0 Å². The van der Waals surface area contributed by atoms with E-state index in [9.17, 15) is 8.78 Å². The first-order valence-corrected chi connectivity index (χ1v) is 15.0. The highest BCUT2D eigenvalue weighted by atomic mass is 19.2. The Kier molecular flexibility index (Phi) is 9.12. The van der Waals surface area contributed by atoms with Crippen LogP contribution in [0.25, 0.3) is 0 Å². The monoisotopic (exact) mass is 565 g/mol. The standard InChI is InChI=1S/C35H36F5N/c1-2-3-4-21-5-7-22(8-6-21)9-10-23-11-16-27-28(17-23)34(39)35(40)32(33(27)38)25-14-12-24(13-15-25)26-18-30(36)29(20-41)31(37)19-26/h5-8,18-19,23-25H,2-4,9-17H2,1H3. The molecule has 6 heteroatoms. The normalized spacial score (nSPS) is 20.5. The van der Waals surface area contributed by atoms with Crippen LogP contribution in [0.4, 0.5) is 22.0 Å². The molecule has 1 fully saturated rings. The molecule has 0 saturated heterocycles. The van der Waals surface area contributed by atoms with Gasteiger partial charge in [-0.05, 0) is 128 Å². The topological polar surface area (TPSA) is 23.8 Å². The van der Waals surface area contributed by atoms with Crippen molar-refractivity contribution in [1.29, 1.82) is 5.26 Å². The van der Waals surface area contributed by atoms with E-state index in [1.54, 1.807) is 0 Å². The van der Waals surface area contributed by atoms with Crippen LogP contribution >= 0.6 is 0 Å². The summed E-state index contributed by atoms with van der Waals surface area (Å²) in [5, 5.41) is 8.91. The van der Waals surface area contributed by atoms with Gasteiger partial charge in [0.25, 0.3) is 0 Å². The molecule has 1 saturated carbocycles. The lowest BCUT2D eigenvalue weighted by Gasteiger charge is -2.32. The molecule has 0 spiro atoms. The second-order valence-corrected chi connectivity index (χ2v) is 11.9. The number of rotatable bonds is 8. The first-order valence-electron chi connectivity index (χ1n) is 15.0. The number of benzene rings is 3. The molecular weight excluding hydrogens is 529 g/mol. The molecule has 3 aromatic rings. The third kappa shape index (κ3) is 6.20. The zero-order valence-corrected chi connectivity index (χ0v) is 23.5. The van der Waals surface area contributed by atoms with Crippen LogP contribution in [0.2, 0.25) is 0 Å². The Labute approximate surface area is 239 Å². The van der Waals surface area contributed by atoms with Gasteiger partial charge in [0.1, 0.15) is 29.1 Å². The highest BCUT2D eigenvalue weighted by molar-refractivity contribution is 5.41. The molecule has 2 aliphatic rings. The number of hydrogen-bond acceptors (Lipinski definition) is 1. The molecule has 41 heavy (non-hydrogen) atoms. The second-order valence-electron chi connectivity index (χ2n) is 11.9. The van der Waals surface area contributed by atoms with E-state index in [4.69, 9.17) is 5.26 Å². The molecule has 0 aromatic heterocycles. The molecule has 0 aliphatic heterocycles. The second kappa shape index (κ2) is 12.8. The molecule has 5 rings (SSSR count). The maximum Gasteiger partial charge on any atom is 0.165 e. The Morgan fingerprint density at radius 3 is 1.98 bits per heavy atom. The van der Waals surface area contributed by atoms with Crippen molar-refractivity contribution in [3.8, 4) is 6.07 Å². The minimum Gasteiger partial charge on any atom is -0.206 e.